The van der Waals surface area contributed by atoms with Crippen molar-refractivity contribution in [2.24, 2.45) is 0 Å². The number of nitrogens with zero attached hydrogens (tertiary/aromatic N) is 4. The fourth-order valence-electron chi connectivity index (χ4n) is 2.55. The highest BCUT2D eigenvalue weighted by Crippen LogP contribution is 2.23. The first-order valence-electron chi connectivity index (χ1n) is 8.51. The minimum absolute atomic E-state index is 0.276. The molecule has 2 heterocycles. The highest BCUT2D eigenvalue weighted by molar-refractivity contribution is 6.17. The molecule has 0 saturated carbocycles. The van der Waals surface area contributed by atoms with Crippen LogP contribution in [0, 0.1) is 0 Å². The summed E-state index contributed by atoms with van der Waals surface area (Å²) in [6.07, 6.45) is 2.68. The number of benzene rings is 1. The van der Waals surface area contributed by atoms with Crippen LogP contribution in [0.2, 0.25) is 0 Å². The minimum atomic E-state index is 0.276. The van der Waals surface area contributed by atoms with Gasteiger partial charge in [-0.2, -0.15) is 9.97 Å². The van der Waals surface area contributed by atoms with Crippen LogP contribution in [0.5, 0.6) is 0 Å². The third-order valence-electron chi connectivity index (χ3n) is 3.87. The summed E-state index contributed by atoms with van der Waals surface area (Å²) in [5.74, 6) is 1.94. The molecule has 0 aliphatic heterocycles. The molecule has 0 spiro atoms. The Labute approximate surface area is 152 Å². The van der Waals surface area contributed by atoms with E-state index in [0.29, 0.717) is 18.4 Å². The van der Waals surface area contributed by atoms with Crippen molar-refractivity contribution in [1.82, 2.24) is 19.5 Å². The van der Waals surface area contributed by atoms with E-state index in [4.69, 9.17) is 11.6 Å². The van der Waals surface area contributed by atoms with Gasteiger partial charge in [-0.25, -0.2) is 4.98 Å². The van der Waals surface area contributed by atoms with Crippen molar-refractivity contribution in [3.8, 4) is 0 Å². The van der Waals surface area contributed by atoms with Crippen LogP contribution in [0.3, 0.4) is 0 Å². The molecule has 0 aliphatic carbocycles. The SMILES string of the molecule is CC(C)n1cnc2c(NCc3ccccc3)nc(NCCCCl)nc21. The third-order valence-corrected chi connectivity index (χ3v) is 4.14. The Morgan fingerprint density at radius 1 is 1.12 bits per heavy atom. The molecule has 0 amide bonds. The van der Waals surface area contributed by atoms with Crippen LogP contribution in [0.4, 0.5) is 11.8 Å². The van der Waals surface area contributed by atoms with Crippen LogP contribution in [-0.4, -0.2) is 31.9 Å². The fraction of sp³-hybridized carbons (Fsp3) is 0.389. The fourth-order valence-corrected chi connectivity index (χ4v) is 2.68. The summed E-state index contributed by atoms with van der Waals surface area (Å²) in [6.45, 7) is 5.65. The molecule has 3 rings (SSSR count). The molecule has 7 heteroatoms. The molecule has 0 saturated heterocycles. The average Bonchev–Trinajstić information content (AvgIpc) is 3.05. The monoisotopic (exact) mass is 358 g/mol. The number of halogens is 1. The van der Waals surface area contributed by atoms with Gasteiger partial charge in [0.15, 0.2) is 17.0 Å². The van der Waals surface area contributed by atoms with Crippen molar-refractivity contribution >= 4 is 34.5 Å². The number of rotatable bonds is 8. The van der Waals surface area contributed by atoms with Crippen LogP contribution in [-0.2, 0) is 6.54 Å². The number of hydrogen-bond donors (Lipinski definition) is 2. The van der Waals surface area contributed by atoms with Crippen molar-refractivity contribution in [3.05, 3.63) is 42.2 Å². The molecule has 1 aromatic carbocycles. The lowest BCUT2D eigenvalue weighted by molar-refractivity contribution is 0.613. The number of aromatic nitrogens is 4. The van der Waals surface area contributed by atoms with Gasteiger partial charge in [-0.1, -0.05) is 30.3 Å². The second kappa shape index (κ2) is 8.16. The maximum absolute atomic E-state index is 5.75. The Kier molecular flexibility index (Phi) is 5.71. The second-order valence-corrected chi connectivity index (χ2v) is 6.50. The van der Waals surface area contributed by atoms with E-state index in [9.17, 15) is 0 Å². The van der Waals surface area contributed by atoms with Gasteiger partial charge in [0.2, 0.25) is 5.95 Å². The van der Waals surface area contributed by atoms with E-state index >= 15 is 0 Å². The van der Waals surface area contributed by atoms with E-state index in [-0.39, 0.29) is 6.04 Å². The highest BCUT2D eigenvalue weighted by Gasteiger charge is 2.14. The molecule has 6 nitrogen and oxygen atoms in total. The van der Waals surface area contributed by atoms with Crippen molar-refractivity contribution in [3.63, 3.8) is 0 Å². The minimum Gasteiger partial charge on any atom is -0.364 e. The van der Waals surface area contributed by atoms with Gasteiger partial charge in [-0.15, -0.1) is 11.6 Å². The lowest BCUT2D eigenvalue weighted by atomic mass is 10.2. The van der Waals surface area contributed by atoms with Gasteiger partial charge in [-0.3, -0.25) is 0 Å². The normalized spacial score (nSPS) is 11.2. The molecule has 0 radical (unpaired) electrons. The first-order valence-corrected chi connectivity index (χ1v) is 9.04. The van der Waals surface area contributed by atoms with E-state index in [1.54, 1.807) is 0 Å². The number of fused-ring (bicyclic) bond motifs is 1. The smallest absolute Gasteiger partial charge is 0.226 e. The van der Waals surface area contributed by atoms with Crippen LogP contribution in [0.15, 0.2) is 36.7 Å². The molecule has 3 aromatic rings. The predicted molar refractivity (Wildman–Crippen MR) is 103 cm³/mol. The van der Waals surface area contributed by atoms with Gasteiger partial charge in [0, 0.05) is 25.0 Å². The molecule has 0 fully saturated rings. The molecular formula is C18H23ClN6. The number of alkyl halides is 1. The summed E-state index contributed by atoms with van der Waals surface area (Å²) >= 11 is 5.75. The highest BCUT2D eigenvalue weighted by atomic mass is 35.5. The first kappa shape index (κ1) is 17.5. The van der Waals surface area contributed by atoms with Crippen LogP contribution in [0.1, 0.15) is 31.9 Å². The van der Waals surface area contributed by atoms with Crippen LogP contribution < -0.4 is 10.6 Å². The molecule has 132 valence electrons. The van der Waals surface area contributed by atoms with E-state index in [0.717, 1.165) is 29.9 Å². The molecule has 0 atom stereocenters. The third kappa shape index (κ3) is 4.20. The van der Waals surface area contributed by atoms with Gasteiger partial charge in [-0.05, 0) is 25.8 Å². The second-order valence-electron chi connectivity index (χ2n) is 6.12. The predicted octanol–water partition coefficient (Wildman–Crippen LogP) is 4.06. The zero-order valence-electron chi connectivity index (χ0n) is 14.5. The van der Waals surface area contributed by atoms with Crippen molar-refractivity contribution in [1.29, 1.82) is 0 Å². The largest absolute Gasteiger partial charge is 0.364 e. The number of imidazole rings is 1. The number of nitrogens with one attached hydrogen (secondary N) is 2. The van der Waals surface area contributed by atoms with Gasteiger partial charge in [0.25, 0.3) is 0 Å². The summed E-state index contributed by atoms with van der Waals surface area (Å²) in [5.41, 5.74) is 2.80. The lowest BCUT2D eigenvalue weighted by Gasteiger charge is -2.12. The molecular weight excluding hydrogens is 336 g/mol. The summed E-state index contributed by atoms with van der Waals surface area (Å²) in [4.78, 5) is 13.8. The first-order chi connectivity index (χ1) is 12.2. The summed E-state index contributed by atoms with van der Waals surface area (Å²) in [5, 5.41) is 6.64. The molecule has 2 aromatic heterocycles. The lowest BCUT2D eigenvalue weighted by Crippen LogP contribution is -2.10. The van der Waals surface area contributed by atoms with Crippen molar-refractivity contribution in [2.75, 3.05) is 23.1 Å². The maximum atomic E-state index is 5.75. The number of anilines is 2. The van der Waals surface area contributed by atoms with E-state index in [1.807, 2.05) is 24.5 Å². The summed E-state index contributed by atoms with van der Waals surface area (Å²) in [7, 11) is 0. The quantitative estimate of drug-likeness (QED) is 0.469. The van der Waals surface area contributed by atoms with Gasteiger partial charge in [0.1, 0.15) is 0 Å². The summed E-state index contributed by atoms with van der Waals surface area (Å²) in [6, 6.07) is 10.5. The molecule has 0 unspecified atom stereocenters. The van der Waals surface area contributed by atoms with Crippen molar-refractivity contribution in [2.45, 2.75) is 32.9 Å². The summed E-state index contributed by atoms with van der Waals surface area (Å²) < 4.78 is 2.05. The van der Waals surface area contributed by atoms with Gasteiger partial charge in [0.05, 0.1) is 6.33 Å². The Bertz CT molecular complexity index is 815. The topological polar surface area (TPSA) is 67.7 Å². The average molecular weight is 359 g/mol. The zero-order chi connectivity index (χ0) is 17.6. The van der Waals surface area contributed by atoms with E-state index < -0.39 is 0 Å². The Morgan fingerprint density at radius 2 is 1.92 bits per heavy atom. The molecule has 0 aliphatic rings. The Morgan fingerprint density at radius 3 is 2.64 bits per heavy atom. The Balaban J connectivity index is 1.91. The molecule has 25 heavy (non-hydrogen) atoms. The maximum Gasteiger partial charge on any atom is 0.226 e. The Hall–Kier alpha value is -2.34. The number of hydrogen-bond acceptors (Lipinski definition) is 5. The van der Waals surface area contributed by atoms with Crippen LogP contribution in [0.25, 0.3) is 11.2 Å². The van der Waals surface area contributed by atoms with E-state index in [2.05, 4.69) is 56.1 Å². The zero-order valence-corrected chi connectivity index (χ0v) is 15.3. The van der Waals surface area contributed by atoms with Gasteiger partial charge >= 0.3 is 0 Å². The molecule has 2 N–H and O–H groups in total. The van der Waals surface area contributed by atoms with Crippen LogP contribution >= 0.6 is 11.6 Å². The van der Waals surface area contributed by atoms with Crippen molar-refractivity contribution < 1.29 is 0 Å². The van der Waals surface area contributed by atoms with E-state index in [1.165, 1.54) is 5.56 Å². The standard InChI is InChI=1S/C18H23ClN6/c1-13(2)25-12-22-15-16(21-11-14-7-4-3-5-8-14)23-18(24-17(15)25)20-10-6-9-19/h3-5,7-8,12-13H,6,9-11H2,1-2H3,(H2,20,21,23,24). The van der Waals surface area contributed by atoms with Gasteiger partial charge < -0.3 is 15.2 Å². The molecule has 0 bridgehead atoms.